The molecule has 0 spiro atoms. The Hall–Kier alpha value is -2.28. The third-order valence-electron chi connectivity index (χ3n) is 3.87. The van der Waals surface area contributed by atoms with Gasteiger partial charge in [-0.2, -0.15) is 4.98 Å². The molecule has 1 fully saturated rings. The fourth-order valence-corrected chi connectivity index (χ4v) is 2.60. The Balaban J connectivity index is 1.58. The van der Waals surface area contributed by atoms with Crippen LogP contribution in [0.4, 0.5) is 14.7 Å². The summed E-state index contributed by atoms with van der Waals surface area (Å²) in [4.78, 5) is 12.9. The van der Waals surface area contributed by atoms with Gasteiger partial charge in [0.2, 0.25) is 11.8 Å². The molecule has 1 aromatic carbocycles. The van der Waals surface area contributed by atoms with Gasteiger partial charge >= 0.3 is 0 Å². The average molecular weight is 320 g/mol. The Morgan fingerprint density at radius 3 is 2.57 bits per heavy atom. The molecule has 1 aliphatic heterocycles. The zero-order valence-electron chi connectivity index (χ0n) is 12.9. The first-order valence-electron chi connectivity index (χ1n) is 7.44. The van der Waals surface area contributed by atoms with Crippen LogP contribution >= 0.6 is 0 Å². The van der Waals surface area contributed by atoms with Gasteiger partial charge in [0.05, 0.1) is 7.11 Å². The lowest BCUT2D eigenvalue weighted by atomic mass is 10.2. The zero-order valence-corrected chi connectivity index (χ0v) is 12.9. The van der Waals surface area contributed by atoms with Crippen LogP contribution in [0.5, 0.6) is 5.88 Å². The van der Waals surface area contributed by atoms with Crippen molar-refractivity contribution < 1.29 is 13.5 Å². The van der Waals surface area contributed by atoms with Crippen molar-refractivity contribution in [2.45, 2.75) is 6.54 Å². The molecule has 1 aromatic heterocycles. The monoisotopic (exact) mass is 320 g/mol. The highest BCUT2D eigenvalue weighted by atomic mass is 19.2. The van der Waals surface area contributed by atoms with Gasteiger partial charge in [-0.05, 0) is 17.7 Å². The first-order valence-corrected chi connectivity index (χ1v) is 7.44. The van der Waals surface area contributed by atoms with Gasteiger partial charge in [-0.15, -0.1) is 0 Å². The van der Waals surface area contributed by atoms with Crippen LogP contribution in [0, 0.1) is 11.6 Å². The van der Waals surface area contributed by atoms with E-state index >= 15 is 0 Å². The lowest BCUT2D eigenvalue weighted by Gasteiger charge is -2.34. The second-order valence-electron chi connectivity index (χ2n) is 5.41. The number of ether oxygens (including phenoxy) is 1. The minimum atomic E-state index is -0.811. The van der Waals surface area contributed by atoms with E-state index in [1.165, 1.54) is 12.1 Å². The Bertz CT molecular complexity index is 675. The molecule has 5 nitrogen and oxygen atoms in total. The van der Waals surface area contributed by atoms with E-state index in [1.807, 2.05) is 0 Å². The maximum absolute atomic E-state index is 13.3. The minimum absolute atomic E-state index is 0.541. The Morgan fingerprint density at radius 2 is 1.87 bits per heavy atom. The van der Waals surface area contributed by atoms with Crippen molar-refractivity contribution in [1.29, 1.82) is 0 Å². The van der Waals surface area contributed by atoms with Crippen molar-refractivity contribution in [3.63, 3.8) is 0 Å². The van der Waals surface area contributed by atoms with Gasteiger partial charge in [0.1, 0.15) is 0 Å². The van der Waals surface area contributed by atoms with Crippen molar-refractivity contribution in [2.75, 3.05) is 38.2 Å². The summed E-state index contributed by atoms with van der Waals surface area (Å²) < 4.78 is 31.3. The number of nitrogens with zero attached hydrogens (tertiary/aromatic N) is 4. The van der Waals surface area contributed by atoms with E-state index in [4.69, 9.17) is 4.74 Å². The largest absolute Gasteiger partial charge is 0.481 e. The summed E-state index contributed by atoms with van der Waals surface area (Å²) >= 11 is 0. The van der Waals surface area contributed by atoms with Crippen molar-refractivity contribution in [1.82, 2.24) is 14.9 Å². The molecular weight excluding hydrogens is 302 g/mol. The van der Waals surface area contributed by atoms with Crippen molar-refractivity contribution in [3.8, 4) is 5.88 Å². The van der Waals surface area contributed by atoms with Crippen molar-refractivity contribution >= 4 is 5.95 Å². The number of aromatic nitrogens is 2. The van der Waals surface area contributed by atoms with Crippen LogP contribution in [0.15, 0.2) is 30.5 Å². The van der Waals surface area contributed by atoms with Gasteiger partial charge in [0.25, 0.3) is 0 Å². The molecule has 0 bridgehead atoms. The number of benzene rings is 1. The molecule has 0 radical (unpaired) electrons. The standard InChI is InChI=1S/C16H18F2N4O/c1-23-15-4-5-19-16(20-15)22-8-6-21(7-9-22)11-12-2-3-13(17)14(18)10-12/h2-5,10H,6-9,11H2,1H3. The predicted molar refractivity (Wildman–Crippen MR) is 82.4 cm³/mol. The van der Waals surface area contributed by atoms with Gasteiger partial charge < -0.3 is 9.64 Å². The zero-order chi connectivity index (χ0) is 16.2. The summed E-state index contributed by atoms with van der Waals surface area (Å²) in [6.07, 6.45) is 1.68. The Labute approximate surface area is 133 Å². The maximum Gasteiger partial charge on any atom is 0.228 e. The van der Waals surface area contributed by atoms with E-state index in [9.17, 15) is 8.78 Å². The number of methoxy groups -OCH3 is 1. The second-order valence-corrected chi connectivity index (χ2v) is 5.41. The van der Waals surface area contributed by atoms with Crippen LogP contribution in [-0.2, 0) is 6.54 Å². The van der Waals surface area contributed by atoms with Gasteiger partial charge in [0, 0.05) is 45.0 Å². The van der Waals surface area contributed by atoms with Crippen LogP contribution in [0.2, 0.25) is 0 Å². The number of rotatable bonds is 4. The number of hydrogen-bond acceptors (Lipinski definition) is 5. The topological polar surface area (TPSA) is 41.5 Å². The van der Waals surface area contributed by atoms with Gasteiger partial charge in [-0.1, -0.05) is 6.07 Å². The lowest BCUT2D eigenvalue weighted by Crippen LogP contribution is -2.46. The molecule has 2 heterocycles. The quantitative estimate of drug-likeness (QED) is 0.863. The summed E-state index contributed by atoms with van der Waals surface area (Å²) in [6.45, 7) is 3.76. The molecule has 0 atom stereocenters. The smallest absolute Gasteiger partial charge is 0.228 e. The number of piperazine rings is 1. The highest BCUT2D eigenvalue weighted by Crippen LogP contribution is 2.16. The molecule has 23 heavy (non-hydrogen) atoms. The fraction of sp³-hybridized carbons (Fsp3) is 0.375. The van der Waals surface area contributed by atoms with Crippen molar-refractivity contribution in [2.24, 2.45) is 0 Å². The van der Waals surface area contributed by atoms with Gasteiger partial charge in [-0.25, -0.2) is 13.8 Å². The molecule has 0 aliphatic carbocycles. The predicted octanol–water partition coefficient (Wildman–Crippen LogP) is 2.09. The first-order chi connectivity index (χ1) is 11.2. The highest BCUT2D eigenvalue weighted by Gasteiger charge is 2.19. The van der Waals surface area contributed by atoms with Crippen molar-refractivity contribution in [3.05, 3.63) is 47.7 Å². The van der Waals surface area contributed by atoms with Crippen LogP contribution in [0.3, 0.4) is 0 Å². The van der Waals surface area contributed by atoms with E-state index in [0.29, 0.717) is 18.4 Å². The number of anilines is 1. The van der Waals surface area contributed by atoms with Crippen LogP contribution in [0.25, 0.3) is 0 Å². The molecule has 0 unspecified atom stereocenters. The number of hydrogen-bond donors (Lipinski definition) is 0. The summed E-state index contributed by atoms with van der Waals surface area (Å²) in [5.41, 5.74) is 0.773. The molecule has 3 rings (SSSR count). The fourth-order valence-electron chi connectivity index (χ4n) is 2.60. The molecule has 2 aromatic rings. The lowest BCUT2D eigenvalue weighted by molar-refractivity contribution is 0.248. The summed E-state index contributed by atoms with van der Waals surface area (Å²) in [7, 11) is 1.58. The average Bonchev–Trinajstić information content (AvgIpc) is 2.59. The number of halogens is 2. The summed E-state index contributed by atoms with van der Waals surface area (Å²) in [5, 5.41) is 0. The third kappa shape index (κ3) is 3.73. The summed E-state index contributed by atoms with van der Waals surface area (Å²) in [6, 6.07) is 5.76. The molecule has 0 N–H and O–H groups in total. The third-order valence-corrected chi connectivity index (χ3v) is 3.87. The Kier molecular flexibility index (Phi) is 4.66. The first kappa shape index (κ1) is 15.6. The van der Waals surface area contributed by atoms with Crippen LogP contribution in [0.1, 0.15) is 5.56 Å². The van der Waals surface area contributed by atoms with Crippen LogP contribution < -0.4 is 9.64 Å². The van der Waals surface area contributed by atoms with E-state index < -0.39 is 11.6 Å². The molecule has 1 saturated heterocycles. The Morgan fingerprint density at radius 1 is 1.09 bits per heavy atom. The molecular formula is C16H18F2N4O. The molecule has 7 heteroatoms. The van der Waals surface area contributed by atoms with Gasteiger partial charge in [0.15, 0.2) is 11.6 Å². The summed E-state index contributed by atoms with van der Waals surface area (Å²) in [5.74, 6) is -0.421. The van der Waals surface area contributed by atoms with Crippen LogP contribution in [-0.4, -0.2) is 48.2 Å². The van der Waals surface area contributed by atoms with Gasteiger partial charge in [-0.3, -0.25) is 4.90 Å². The maximum atomic E-state index is 13.3. The van der Waals surface area contributed by atoms with E-state index in [2.05, 4.69) is 19.8 Å². The highest BCUT2D eigenvalue weighted by molar-refractivity contribution is 5.32. The normalized spacial score (nSPS) is 15.7. The second kappa shape index (κ2) is 6.87. The SMILES string of the molecule is COc1ccnc(N2CCN(Cc3ccc(F)c(F)c3)CC2)n1. The molecule has 0 saturated carbocycles. The molecule has 122 valence electrons. The molecule has 0 amide bonds. The van der Waals surface area contributed by atoms with E-state index in [-0.39, 0.29) is 0 Å². The van der Waals surface area contributed by atoms with E-state index in [0.717, 1.165) is 31.7 Å². The minimum Gasteiger partial charge on any atom is -0.481 e. The molecule has 1 aliphatic rings. The van der Waals surface area contributed by atoms with E-state index in [1.54, 1.807) is 25.4 Å².